The fraction of sp³-hybridized carbons (Fsp3) is 0.444. The van der Waals surface area contributed by atoms with E-state index in [9.17, 15) is 14.3 Å². The summed E-state index contributed by atoms with van der Waals surface area (Å²) in [6.07, 6.45) is 9.37. The van der Waals surface area contributed by atoms with Crippen LogP contribution in [0.5, 0.6) is 0 Å². The molecule has 1 N–H and O–H groups in total. The van der Waals surface area contributed by atoms with Gasteiger partial charge in [-0.15, -0.1) is 0 Å². The van der Waals surface area contributed by atoms with E-state index in [4.69, 9.17) is 4.98 Å². The lowest BCUT2D eigenvalue weighted by atomic mass is 9.67. The zero-order valence-electron chi connectivity index (χ0n) is 24.9. The minimum Gasteiger partial charge on any atom is -0.481 e. The molecule has 7 rings (SSSR count). The van der Waals surface area contributed by atoms with Gasteiger partial charge in [-0.25, -0.2) is 9.37 Å². The Bertz CT molecular complexity index is 1590. The van der Waals surface area contributed by atoms with Crippen molar-refractivity contribution in [3.05, 3.63) is 96.2 Å². The number of aromatic nitrogens is 2. The SMILES string of the molecule is CC(C(=O)O)C1(N2CC(CN3CCC(c4cnc5ccc(-c6ccccc6)cn45)CC3)C(c3cccc(F)c3)C2)CCC1. The van der Waals surface area contributed by atoms with Crippen LogP contribution in [-0.4, -0.2) is 68.5 Å². The Hall–Kier alpha value is -3.55. The molecule has 2 aromatic heterocycles. The Morgan fingerprint density at radius 3 is 2.51 bits per heavy atom. The number of likely N-dealkylation sites (tertiary alicyclic amines) is 2. The number of carboxylic acids is 1. The van der Waals surface area contributed by atoms with Crippen molar-refractivity contribution in [2.24, 2.45) is 11.8 Å². The van der Waals surface area contributed by atoms with E-state index in [2.05, 4.69) is 69.1 Å². The minimum absolute atomic E-state index is 0.196. The topological polar surface area (TPSA) is 61.1 Å². The summed E-state index contributed by atoms with van der Waals surface area (Å²) in [6.45, 7) is 6.52. The Morgan fingerprint density at radius 1 is 1.02 bits per heavy atom. The van der Waals surface area contributed by atoms with E-state index >= 15 is 0 Å². The third-order valence-electron chi connectivity index (χ3n) is 10.9. The van der Waals surface area contributed by atoms with Crippen LogP contribution in [0.3, 0.4) is 0 Å². The van der Waals surface area contributed by atoms with Crippen LogP contribution in [-0.2, 0) is 4.79 Å². The number of piperidine rings is 1. The first-order chi connectivity index (χ1) is 20.9. The molecule has 1 aliphatic carbocycles. The second-order valence-corrected chi connectivity index (χ2v) is 13.1. The van der Waals surface area contributed by atoms with Gasteiger partial charge in [0.15, 0.2) is 0 Å². The van der Waals surface area contributed by atoms with Crippen LogP contribution in [0.1, 0.15) is 62.1 Å². The Kier molecular flexibility index (Phi) is 7.56. The predicted molar refractivity (Wildman–Crippen MR) is 167 cm³/mol. The van der Waals surface area contributed by atoms with Gasteiger partial charge in [-0.05, 0) is 92.1 Å². The fourth-order valence-corrected chi connectivity index (χ4v) is 8.17. The zero-order chi connectivity index (χ0) is 29.6. The molecule has 0 radical (unpaired) electrons. The third kappa shape index (κ3) is 5.27. The van der Waals surface area contributed by atoms with E-state index in [-0.39, 0.29) is 17.3 Å². The van der Waals surface area contributed by atoms with Crippen LogP contribution >= 0.6 is 0 Å². The summed E-state index contributed by atoms with van der Waals surface area (Å²) in [6, 6.07) is 21.8. The molecule has 3 aliphatic rings. The zero-order valence-corrected chi connectivity index (χ0v) is 24.9. The Balaban J connectivity index is 1.07. The van der Waals surface area contributed by atoms with Gasteiger partial charge < -0.3 is 14.4 Å². The van der Waals surface area contributed by atoms with Gasteiger partial charge in [0.1, 0.15) is 11.5 Å². The first kappa shape index (κ1) is 28.2. The largest absolute Gasteiger partial charge is 0.481 e. The first-order valence-electron chi connectivity index (χ1n) is 15.9. The molecule has 2 aliphatic heterocycles. The van der Waals surface area contributed by atoms with Crippen LogP contribution < -0.4 is 0 Å². The van der Waals surface area contributed by atoms with Crippen molar-refractivity contribution in [1.82, 2.24) is 19.2 Å². The maximum atomic E-state index is 14.3. The van der Waals surface area contributed by atoms with Gasteiger partial charge in [0.2, 0.25) is 0 Å². The molecule has 7 heteroatoms. The molecular formula is C36H41FN4O2. The molecule has 1 saturated carbocycles. The number of imidazole rings is 1. The lowest BCUT2D eigenvalue weighted by molar-refractivity contribution is -0.150. The second kappa shape index (κ2) is 11.5. The van der Waals surface area contributed by atoms with Gasteiger partial charge in [-0.1, -0.05) is 49.4 Å². The normalized spacial score (nSPS) is 23.8. The highest BCUT2D eigenvalue weighted by Crippen LogP contribution is 2.49. The summed E-state index contributed by atoms with van der Waals surface area (Å²) in [5, 5.41) is 9.94. The molecule has 4 aromatic rings. The van der Waals surface area contributed by atoms with Gasteiger partial charge >= 0.3 is 5.97 Å². The van der Waals surface area contributed by atoms with E-state index in [1.54, 1.807) is 6.07 Å². The number of halogens is 1. The number of carbonyl (C=O) groups is 1. The minimum atomic E-state index is -0.712. The van der Waals surface area contributed by atoms with Crippen molar-refractivity contribution in [3.8, 4) is 11.1 Å². The van der Waals surface area contributed by atoms with Crippen LogP contribution in [0, 0.1) is 17.7 Å². The number of aliphatic carboxylic acids is 1. The van der Waals surface area contributed by atoms with Crippen molar-refractivity contribution in [1.29, 1.82) is 0 Å². The van der Waals surface area contributed by atoms with Gasteiger partial charge in [0.05, 0.1) is 5.92 Å². The highest BCUT2D eigenvalue weighted by molar-refractivity contribution is 5.71. The van der Waals surface area contributed by atoms with E-state index in [0.29, 0.717) is 11.8 Å². The van der Waals surface area contributed by atoms with Gasteiger partial charge in [0.25, 0.3) is 0 Å². The van der Waals surface area contributed by atoms with Crippen molar-refractivity contribution in [2.45, 2.75) is 56.4 Å². The molecule has 3 fully saturated rings. The molecule has 0 amide bonds. The van der Waals surface area contributed by atoms with Gasteiger partial charge in [0, 0.05) is 55.1 Å². The molecule has 4 heterocycles. The van der Waals surface area contributed by atoms with Crippen LogP contribution in [0.15, 0.2) is 79.1 Å². The van der Waals surface area contributed by atoms with Crippen molar-refractivity contribution in [2.75, 3.05) is 32.7 Å². The summed E-state index contributed by atoms with van der Waals surface area (Å²) in [5.41, 5.74) is 5.44. The quantitative estimate of drug-likeness (QED) is 0.252. The van der Waals surface area contributed by atoms with E-state index in [1.165, 1.54) is 22.9 Å². The number of nitrogens with zero attached hydrogens (tertiary/aromatic N) is 4. The number of carboxylic acid groups (broad SMARTS) is 1. The standard InChI is InChI=1S/C36H41FN4O2/c1-25(35(42)43)36(15-6-16-36)40-22-30(32(24-40)28-9-5-10-31(37)19-28)21-39-17-13-27(14-18-39)33-20-38-34-12-11-29(23-41(33)34)26-7-3-2-4-8-26/h2-5,7-12,19-20,23,25,27,30,32H,6,13-18,21-22,24H2,1H3,(H,42,43). The number of hydrogen-bond acceptors (Lipinski definition) is 4. The van der Waals surface area contributed by atoms with Crippen molar-refractivity contribution in [3.63, 3.8) is 0 Å². The third-order valence-corrected chi connectivity index (χ3v) is 10.9. The molecule has 3 unspecified atom stereocenters. The monoisotopic (exact) mass is 580 g/mol. The average Bonchev–Trinajstić information content (AvgIpc) is 3.62. The highest BCUT2D eigenvalue weighted by atomic mass is 19.1. The van der Waals surface area contributed by atoms with Crippen LogP contribution in [0.25, 0.3) is 16.8 Å². The van der Waals surface area contributed by atoms with Gasteiger partial charge in [-0.2, -0.15) is 0 Å². The summed E-state index contributed by atoms with van der Waals surface area (Å²) in [7, 11) is 0. The fourth-order valence-electron chi connectivity index (χ4n) is 8.17. The predicted octanol–water partition coefficient (Wildman–Crippen LogP) is 6.68. The van der Waals surface area contributed by atoms with Crippen molar-refractivity contribution >= 4 is 11.6 Å². The Labute approximate surface area is 253 Å². The summed E-state index contributed by atoms with van der Waals surface area (Å²) in [5.74, 6) is -0.335. The van der Waals surface area contributed by atoms with E-state index in [0.717, 1.165) is 76.0 Å². The maximum Gasteiger partial charge on any atom is 0.308 e. The number of hydrogen-bond donors (Lipinski definition) is 1. The van der Waals surface area contributed by atoms with Crippen molar-refractivity contribution < 1.29 is 14.3 Å². The summed E-state index contributed by atoms with van der Waals surface area (Å²) < 4.78 is 16.6. The molecule has 3 atom stereocenters. The molecule has 43 heavy (non-hydrogen) atoms. The lowest BCUT2D eigenvalue weighted by Crippen LogP contribution is -2.59. The molecular weight excluding hydrogens is 539 g/mol. The summed E-state index contributed by atoms with van der Waals surface area (Å²) in [4.78, 5) is 21.9. The van der Waals surface area contributed by atoms with Crippen LogP contribution in [0.4, 0.5) is 4.39 Å². The summed E-state index contributed by atoms with van der Waals surface area (Å²) >= 11 is 0. The molecule has 2 aromatic carbocycles. The Morgan fingerprint density at radius 2 is 1.81 bits per heavy atom. The highest BCUT2D eigenvalue weighted by Gasteiger charge is 2.53. The molecule has 0 bridgehead atoms. The number of rotatable bonds is 8. The molecule has 2 saturated heterocycles. The molecule has 6 nitrogen and oxygen atoms in total. The molecule has 224 valence electrons. The molecule has 0 spiro atoms. The smallest absolute Gasteiger partial charge is 0.308 e. The number of pyridine rings is 1. The first-order valence-corrected chi connectivity index (χ1v) is 15.9. The number of fused-ring (bicyclic) bond motifs is 1. The number of benzene rings is 2. The average molecular weight is 581 g/mol. The van der Waals surface area contributed by atoms with E-state index in [1.807, 2.05) is 19.1 Å². The van der Waals surface area contributed by atoms with Crippen LogP contribution in [0.2, 0.25) is 0 Å². The maximum absolute atomic E-state index is 14.3. The second-order valence-electron chi connectivity index (χ2n) is 13.1. The van der Waals surface area contributed by atoms with Gasteiger partial charge in [-0.3, -0.25) is 9.69 Å². The van der Waals surface area contributed by atoms with E-state index < -0.39 is 11.9 Å². The lowest BCUT2D eigenvalue weighted by Gasteiger charge is -2.51.